The van der Waals surface area contributed by atoms with Gasteiger partial charge in [-0.3, -0.25) is 0 Å². The van der Waals surface area contributed by atoms with E-state index in [9.17, 15) is 4.79 Å². The third-order valence-corrected chi connectivity index (χ3v) is 1.71. The summed E-state index contributed by atoms with van der Waals surface area (Å²) in [5, 5.41) is 0. The summed E-state index contributed by atoms with van der Waals surface area (Å²) in [6, 6.07) is 0. The van der Waals surface area contributed by atoms with Gasteiger partial charge in [-0.1, -0.05) is 0 Å². The Morgan fingerprint density at radius 2 is 1.80 bits per heavy atom. The minimum atomic E-state index is -1.23. The lowest BCUT2D eigenvalue weighted by molar-refractivity contribution is -0.214. The Labute approximate surface area is 63.0 Å². The maximum Gasteiger partial charge on any atom is 0.352 e. The molecule has 0 saturated heterocycles. The molecule has 0 aromatic heterocycles. The number of hydrogen-bond acceptors (Lipinski definition) is 4. The fourth-order valence-electron chi connectivity index (χ4n) is 0.435. The summed E-state index contributed by atoms with van der Waals surface area (Å²) in [5.41, 5.74) is 0. The van der Waals surface area contributed by atoms with Gasteiger partial charge in [0.25, 0.3) is 5.79 Å². The molecule has 0 heterocycles. The van der Waals surface area contributed by atoms with Crippen LogP contribution in [-0.4, -0.2) is 36.5 Å². The lowest BCUT2D eigenvalue weighted by Crippen LogP contribution is -2.40. The zero-order chi connectivity index (χ0) is 8.20. The first kappa shape index (κ1) is 9.61. The molecule has 0 unspecified atom stereocenters. The summed E-state index contributed by atoms with van der Waals surface area (Å²) in [7, 11) is 3.13. The lowest BCUT2D eigenvalue weighted by atomic mass is 10.3. The molecule has 0 aliphatic heterocycles. The summed E-state index contributed by atoms with van der Waals surface area (Å²) < 4.78 is 14.1. The minimum Gasteiger partial charge on any atom is -0.525 e. The molecule has 60 valence electrons. The molecule has 10 heavy (non-hydrogen) atoms. The van der Waals surface area contributed by atoms with Crippen molar-refractivity contribution in [2.24, 2.45) is 0 Å². The Morgan fingerprint density at radius 1 is 1.40 bits per heavy atom. The van der Waals surface area contributed by atoms with Crippen LogP contribution in [0, 0.1) is 0 Å². The number of ether oxygens (including phenoxy) is 2. The summed E-state index contributed by atoms with van der Waals surface area (Å²) >= 11 is 0. The molecule has 0 fully saturated rings. The molecule has 4 nitrogen and oxygen atoms in total. The van der Waals surface area contributed by atoms with Crippen molar-refractivity contribution in [3.8, 4) is 0 Å². The molecular formula is C5H12O4Si. The third-order valence-electron chi connectivity index (χ3n) is 1.34. The lowest BCUT2D eigenvalue weighted by Gasteiger charge is -2.22. The van der Waals surface area contributed by atoms with Crippen LogP contribution in [0.5, 0.6) is 0 Å². The Bertz CT molecular complexity index is 121. The fourth-order valence-corrected chi connectivity index (χ4v) is 0.806. The monoisotopic (exact) mass is 164 g/mol. The van der Waals surface area contributed by atoms with E-state index in [-0.39, 0.29) is 0 Å². The Balaban J connectivity index is 4.17. The van der Waals surface area contributed by atoms with Crippen molar-refractivity contribution >= 4 is 16.5 Å². The molecule has 0 amide bonds. The van der Waals surface area contributed by atoms with Gasteiger partial charge in [0, 0.05) is 21.1 Å². The molecule has 0 aliphatic rings. The van der Waals surface area contributed by atoms with E-state index in [1.807, 2.05) is 0 Å². The average Bonchev–Trinajstić information content (AvgIpc) is 2.01. The summed E-state index contributed by atoms with van der Waals surface area (Å²) in [6.07, 6.45) is 0. The van der Waals surface area contributed by atoms with Crippen LogP contribution >= 0.6 is 0 Å². The molecule has 0 saturated carbocycles. The van der Waals surface area contributed by atoms with Crippen LogP contribution in [0.4, 0.5) is 0 Å². The summed E-state index contributed by atoms with van der Waals surface area (Å²) in [6.45, 7) is 1.51. The van der Waals surface area contributed by atoms with Gasteiger partial charge in [0.2, 0.25) is 10.5 Å². The largest absolute Gasteiger partial charge is 0.525 e. The Kier molecular flexibility index (Phi) is 3.55. The van der Waals surface area contributed by atoms with E-state index in [2.05, 4.69) is 4.43 Å². The minimum absolute atomic E-state index is 0.353. The van der Waals surface area contributed by atoms with Gasteiger partial charge >= 0.3 is 5.97 Å². The van der Waals surface area contributed by atoms with Gasteiger partial charge in [-0.05, 0) is 0 Å². The first-order valence-electron chi connectivity index (χ1n) is 2.79. The molecule has 0 rings (SSSR count). The number of carbonyl (C=O) groups is 1. The SMILES string of the molecule is COC(C)(OC)C(=O)O[SiH3]. The predicted octanol–water partition coefficient (Wildman–Crippen LogP) is -1.18. The van der Waals surface area contributed by atoms with Gasteiger partial charge in [0.15, 0.2) is 0 Å². The normalized spacial score (nSPS) is 11.5. The molecular weight excluding hydrogens is 152 g/mol. The van der Waals surface area contributed by atoms with Crippen LogP contribution in [0.3, 0.4) is 0 Å². The number of carbonyl (C=O) groups excluding carboxylic acids is 1. The molecule has 0 atom stereocenters. The Hall–Kier alpha value is -0.393. The maximum atomic E-state index is 10.9. The van der Waals surface area contributed by atoms with Crippen LogP contribution in [0.25, 0.3) is 0 Å². The molecule has 0 bridgehead atoms. The van der Waals surface area contributed by atoms with Crippen LogP contribution < -0.4 is 0 Å². The van der Waals surface area contributed by atoms with Crippen molar-refractivity contribution in [3.63, 3.8) is 0 Å². The van der Waals surface area contributed by atoms with E-state index >= 15 is 0 Å². The molecule has 0 aromatic rings. The molecule has 5 heteroatoms. The predicted molar refractivity (Wildman–Crippen MR) is 38.5 cm³/mol. The topological polar surface area (TPSA) is 44.8 Å². The number of methoxy groups -OCH3 is 2. The van der Waals surface area contributed by atoms with E-state index in [4.69, 9.17) is 9.47 Å². The molecule has 0 spiro atoms. The van der Waals surface area contributed by atoms with Crippen LogP contribution in [0.2, 0.25) is 0 Å². The summed E-state index contributed by atoms with van der Waals surface area (Å²) in [4.78, 5) is 10.9. The second kappa shape index (κ2) is 3.70. The average molecular weight is 164 g/mol. The second-order valence-corrected chi connectivity index (χ2v) is 2.25. The van der Waals surface area contributed by atoms with Gasteiger partial charge in [0.1, 0.15) is 0 Å². The first-order chi connectivity index (χ1) is 4.60. The van der Waals surface area contributed by atoms with E-state index in [1.54, 1.807) is 0 Å². The quantitative estimate of drug-likeness (QED) is 0.389. The van der Waals surface area contributed by atoms with Gasteiger partial charge in [-0.25, -0.2) is 4.79 Å². The molecule has 0 N–H and O–H groups in total. The highest BCUT2D eigenvalue weighted by molar-refractivity contribution is 6.06. The number of rotatable bonds is 3. The van der Waals surface area contributed by atoms with Gasteiger partial charge in [0.05, 0.1) is 0 Å². The number of hydrogen-bond donors (Lipinski definition) is 0. The van der Waals surface area contributed by atoms with Crippen LogP contribution in [0.15, 0.2) is 0 Å². The van der Waals surface area contributed by atoms with Crippen molar-refractivity contribution in [2.45, 2.75) is 12.7 Å². The second-order valence-electron chi connectivity index (χ2n) is 1.85. The first-order valence-corrected chi connectivity index (χ1v) is 3.61. The fraction of sp³-hybridized carbons (Fsp3) is 0.800. The zero-order valence-electron chi connectivity index (χ0n) is 6.63. The smallest absolute Gasteiger partial charge is 0.352 e. The van der Waals surface area contributed by atoms with Gasteiger partial charge < -0.3 is 13.9 Å². The van der Waals surface area contributed by atoms with Crippen molar-refractivity contribution in [2.75, 3.05) is 14.2 Å². The third kappa shape index (κ3) is 1.79. The highest BCUT2D eigenvalue weighted by Gasteiger charge is 2.33. The van der Waals surface area contributed by atoms with Gasteiger partial charge in [-0.2, -0.15) is 0 Å². The van der Waals surface area contributed by atoms with Crippen molar-refractivity contribution < 1.29 is 18.7 Å². The van der Waals surface area contributed by atoms with Crippen molar-refractivity contribution in [1.82, 2.24) is 0 Å². The van der Waals surface area contributed by atoms with Crippen molar-refractivity contribution in [3.05, 3.63) is 0 Å². The molecule has 0 aromatic carbocycles. The highest BCUT2D eigenvalue weighted by atomic mass is 28.2. The molecule has 0 radical (unpaired) electrons. The van der Waals surface area contributed by atoms with Crippen LogP contribution in [-0.2, 0) is 18.7 Å². The molecule has 0 aliphatic carbocycles. The summed E-state index contributed by atoms with van der Waals surface area (Å²) in [5.74, 6) is -1.72. The van der Waals surface area contributed by atoms with Crippen LogP contribution in [0.1, 0.15) is 6.92 Å². The van der Waals surface area contributed by atoms with Crippen molar-refractivity contribution in [1.29, 1.82) is 0 Å². The van der Waals surface area contributed by atoms with E-state index in [0.29, 0.717) is 10.5 Å². The highest BCUT2D eigenvalue weighted by Crippen LogP contribution is 2.10. The standard InChI is InChI=1S/C5H12O4Si/c1-5(7-2,8-3)4(6)9-10/h1-3,10H3. The van der Waals surface area contributed by atoms with Gasteiger partial charge in [-0.15, -0.1) is 0 Å². The van der Waals surface area contributed by atoms with E-state index in [1.165, 1.54) is 21.1 Å². The van der Waals surface area contributed by atoms with E-state index in [0.717, 1.165) is 0 Å². The maximum absolute atomic E-state index is 10.9. The Morgan fingerprint density at radius 3 is 1.90 bits per heavy atom. The zero-order valence-corrected chi connectivity index (χ0v) is 8.63. The van der Waals surface area contributed by atoms with E-state index < -0.39 is 11.8 Å².